The molecule has 0 saturated heterocycles. The van der Waals surface area contributed by atoms with Gasteiger partial charge in [0.1, 0.15) is 12.6 Å². The minimum Gasteiger partial charge on any atom is -0.465 e. The average molecular weight is 578 g/mol. The number of hydrogen-bond acceptors (Lipinski definition) is 7. The van der Waals surface area contributed by atoms with Crippen molar-refractivity contribution >= 4 is 51.9 Å². The highest BCUT2D eigenvalue weighted by atomic mass is 35.5. The van der Waals surface area contributed by atoms with Gasteiger partial charge in [0.05, 0.1) is 29.0 Å². The van der Waals surface area contributed by atoms with Crippen LogP contribution in [0.5, 0.6) is 0 Å². The lowest BCUT2D eigenvalue weighted by molar-refractivity contribution is -0.143. The molecule has 206 valence electrons. The van der Waals surface area contributed by atoms with Crippen LogP contribution in [0, 0.1) is 6.92 Å². The number of thiazole rings is 1. The van der Waals surface area contributed by atoms with E-state index in [1.54, 1.807) is 39.0 Å². The highest BCUT2D eigenvalue weighted by Gasteiger charge is 2.34. The van der Waals surface area contributed by atoms with Gasteiger partial charge >= 0.3 is 11.9 Å². The summed E-state index contributed by atoms with van der Waals surface area (Å²) in [5, 5.41) is 1.33. The fraction of sp³-hybridized carbons (Fsp3) is 0.267. The summed E-state index contributed by atoms with van der Waals surface area (Å²) >= 11 is 7.83. The Labute approximate surface area is 239 Å². The van der Waals surface area contributed by atoms with Crippen LogP contribution in [0.15, 0.2) is 69.6 Å². The molecule has 0 aliphatic carbocycles. The Morgan fingerprint density at radius 1 is 1.05 bits per heavy atom. The van der Waals surface area contributed by atoms with E-state index in [-0.39, 0.29) is 30.3 Å². The van der Waals surface area contributed by atoms with E-state index in [2.05, 4.69) is 4.99 Å². The van der Waals surface area contributed by atoms with Crippen molar-refractivity contribution in [2.75, 3.05) is 13.2 Å². The number of nitrogens with zero attached hydrogens (tertiary/aromatic N) is 3. The van der Waals surface area contributed by atoms with Crippen LogP contribution < -0.4 is 14.9 Å². The van der Waals surface area contributed by atoms with Gasteiger partial charge in [-0.3, -0.25) is 14.2 Å². The molecule has 4 aromatic rings. The van der Waals surface area contributed by atoms with Gasteiger partial charge in [-0.15, -0.1) is 0 Å². The molecule has 10 heteroatoms. The number of ether oxygens (including phenoxy) is 2. The minimum atomic E-state index is -0.794. The van der Waals surface area contributed by atoms with Crippen molar-refractivity contribution in [2.24, 2.45) is 4.99 Å². The first-order valence-corrected chi connectivity index (χ1v) is 14.1. The summed E-state index contributed by atoms with van der Waals surface area (Å²) in [6.45, 7) is 7.69. The summed E-state index contributed by atoms with van der Waals surface area (Å²) in [5.41, 5.74) is 3.56. The Morgan fingerprint density at radius 2 is 1.75 bits per heavy atom. The van der Waals surface area contributed by atoms with Gasteiger partial charge in [0.15, 0.2) is 4.80 Å². The summed E-state index contributed by atoms with van der Waals surface area (Å²) in [6, 6.07) is 14.1. The van der Waals surface area contributed by atoms with Gasteiger partial charge in [-0.25, -0.2) is 9.79 Å². The van der Waals surface area contributed by atoms with Gasteiger partial charge in [0.2, 0.25) is 0 Å². The Hall–Kier alpha value is -3.95. The number of halogens is 1. The number of rotatable bonds is 7. The third-order valence-corrected chi connectivity index (χ3v) is 8.19. The molecule has 0 radical (unpaired) electrons. The van der Waals surface area contributed by atoms with Crippen LogP contribution in [0.25, 0.3) is 17.0 Å². The zero-order chi connectivity index (χ0) is 28.6. The average Bonchev–Trinajstić information content (AvgIpc) is 3.37. The topological polar surface area (TPSA) is 91.9 Å². The standard InChI is InChI=1S/C30H28ClN3O5S/c1-5-38-25(35)16-33-18(4)21(19-11-8-10-14-23(19)33)15-24-28(36)34-27(20-12-7-9-13-22(20)31)26(29(37)39-6-2)17(3)32-30(34)40-24/h7-15,27H,5-6,16H2,1-4H3/b24-15-/t27-/m1/s1. The molecule has 1 atom stereocenters. The fourth-order valence-corrected chi connectivity index (χ4v) is 6.36. The second-order valence-corrected chi connectivity index (χ2v) is 10.6. The lowest BCUT2D eigenvalue weighted by atomic mass is 9.96. The highest BCUT2D eigenvalue weighted by molar-refractivity contribution is 7.07. The number of hydrogen-bond donors (Lipinski definition) is 0. The number of esters is 2. The molecule has 40 heavy (non-hydrogen) atoms. The molecule has 0 amide bonds. The third kappa shape index (κ3) is 4.80. The molecule has 2 aromatic carbocycles. The Balaban J connectivity index is 1.74. The van der Waals surface area contributed by atoms with Gasteiger partial charge in [-0.05, 0) is 51.5 Å². The van der Waals surface area contributed by atoms with Crippen LogP contribution >= 0.6 is 22.9 Å². The molecule has 0 spiro atoms. The lowest BCUT2D eigenvalue weighted by Gasteiger charge is -2.25. The third-order valence-electron chi connectivity index (χ3n) is 6.86. The number of carbonyl (C=O) groups excluding carboxylic acids is 2. The molecule has 1 aliphatic heterocycles. The van der Waals surface area contributed by atoms with E-state index in [9.17, 15) is 14.4 Å². The second-order valence-electron chi connectivity index (χ2n) is 9.23. The van der Waals surface area contributed by atoms with Gasteiger partial charge in [0.25, 0.3) is 5.56 Å². The second kappa shape index (κ2) is 11.3. The van der Waals surface area contributed by atoms with Crippen molar-refractivity contribution in [1.29, 1.82) is 0 Å². The van der Waals surface area contributed by atoms with E-state index in [0.717, 1.165) is 22.2 Å². The predicted octanol–water partition coefficient (Wildman–Crippen LogP) is 4.28. The van der Waals surface area contributed by atoms with Crippen LogP contribution in [0.2, 0.25) is 5.02 Å². The van der Waals surface area contributed by atoms with Crippen LogP contribution in [0.3, 0.4) is 0 Å². The van der Waals surface area contributed by atoms with E-state index in [1.807, 2.05) is 47.9 Å². The number of allylic oxidation sites excluding steroid dienone is 1. The summed E-state index contributed by atoms with van der Waals surface area (Å²) in [5.74, 6) is -0.875. The molecule has 1 aliphatic rings. The Kier molecular flexibility index (Phi) is 7.78. The Morgan fingerprint density at radius 3 is 2.48 bits per heavy atom. The van der Waals surface area contributed by atoms with E-state index < -0.39 is 12.0 Å². The van der Waals surface area contributed by atoms with Gasteiger partial charge in [0, 0.05) is 27.2 Å². The molecule has 0 saturated carbocycles. The van der Waals surface area contributed by atoms with Crippen molar-refractivity contribution in [3.8, 4) is 0 Å². The Bertz CT molecular complexity index is 1860. The molecule has 8 nitrogen and oxygen atoms in total. The summed E-state index contributed by atoms with van der Waals surface area (Å²) in [7, 11) is 0. The molecule has 3 heterocycles. The molecular formula is C30H28ClN3O5S. The van der Waals surface area contributed by atoms with Crippen molar-refractivity contribution in [3.05, 3.63) is 101 Å². The molecular weight excluding hydrogens is 550 g/mol. The van der Waals surface area contributed by atoms with Crippen molar-refractivity contribution < 1.29 is 19.1 Å². The highest BCUT2D eigenvalue weighted by Crippen LogP contribution is 2.34. The molecule has 2 aromatic heterocycles. The predicted molar refractivity (Wildman–Crippen MR) is 155 cm³/mol. The van der Waals surface area contributed by atoms with Crippen molar-refractivity contribution in [2.45, 2.75) is 40.3 Å². The molecule has 0 fully saturated rings. The fourth-order valence-electron chi connectivity index (χ4n) is 5.09. The first-order chi connectivity index (χ1) is 19.3. The summed E-state index contributed by atoms with van der Waals surface area (Å²) in [4.78, 5) is 44.6. The molecule has 0 N–H and O–H groups in total. The van der Waals surface area contributed by atoms with E-state index in [0.29, 0.717) is 32.2 Å². The number of aromatic nitrogens is 2. The number of para-hydroxylation sites is 1. The maximum Gasteiger partial charge on any atom is 0.338 e. The van der Waals surface area contributed by atoms with Crippen LogP contribution in [0.4, 0.5) is 0 Å². The largest absolute Gasteiger partial charge is 0.465 e. The number of fused-ring (bicyclic) bond motifs is 2. The minimum absolute atomic E-state index is 0.0594. The molecule has 0 bridgehead atoms. The summed E-state index contributed by atoms with van der Waals surface area (Å²) in [6.07, 6.45) is 1.83. The van der Waals surface area contributed by atoms with Crippen LogP contribution in [-0.2, 0) is 25.6 Å². The zero-order valence-electron chi connectivity index (χ0n) is 22.6. The maximum absolute atomic E-state index is 14.0. The normalized spacial score (nSPS) is 15.2. The van der Waals surface area contributed by atoms with E-state index in [1.165, 1.54) is 15.9 Å². The monoisotopic (exact) mass is 577 g/mol. The molecule has 0 unspecified atom stereocenters. The van der Waals surface area contributed by atoms with E-state index >= 15 is 0 Å². The van der Waals surface area contributed by atoms with Crippen molar-refractivity contribution in [3.63, 3.8) is 0 Å². The van der Waals surface area contributed by atoms with Gasteiger partial charge in [-0.2, -0.15) is 0 Å². The quantitative estimate of drug-likeness (QED) is 0.306. The first kappa shape index (κ1) is 27.6. The number of carbonyl (C=O) groups is 2. The maximum atomic E-state index is 14.0. The lowest BCUT2D eigenvalue weighted by Crippen LogP contribution is -2.40. The van der Waals surface area contributed by atoms with Crippen LogP contribution in [-0.4, -0.2) is 34.3 Å². The molecule has 5 rings (SSSR count). The summed E-state index contributed by atoms with van der Waals surface area (Å²) < 4.78 is 14.4. The van der Waals surface area contributed by atoms with Crippen LogP contribution in [0.1, 0.15) is 43.6 Å². The van der Waals surface area contributed by atoms with Gasteiger partial charge in [-0.1, -0.05) is 59.3 Å². The zero-order valence-corrected chi connectivity index (χ0v) is 24.1. The van der Waals surface area contributed by atoms with E-state index in [4.69, 9.17) is 21.1 Å². The smallest absolute Gasteiger partial charge is 0.338 e. The number of benzene rings is 2. The van der Waals surface area contributed by atoms with Gasteiger partial charge < -0.3 is 14.0 Å². The first-order valence-electron chi connectivity index (χ1n) is 12.9. The SMILES string of the molecule is CCOC(=O)Cn1c(C)c(/C=c2\sc3n(c2=O)[C@H](c2ccccc2Cl)C(C(=O)OCC)=C(C)N=3)c2ccccc21. The van der Waals surface area contributed by atoms with Crippen molar-refractivity contribution in [1.82, 2.24) is 9.13 Å².